The van der Waals surface area contributed by atoms with E-state index in [0.29, 0.717) is 17.5 Å². The number of nitrogens with one attached hydrogen (secondary N) is 1. The molecule has 0 radical (unpaired) electrons. The van der Waals surface area contributed by atoms with Crippen LogP contribution in [0, 0.1) is 5.92 Å². The molecule has 1 fully saturated rings. The highest BCUT2D eigenvalue weighted by molar-refractivity contribution is 5.52. The first-order valence-corrected chi connectivity index (χ1v) is 6.81. The molecule has 0 bridgehead atoms. The van der Waals surface area contributed by atoms with Crippen LogP contribution in [0.2, 0.25) is 0 Å². The summed E-state index contributed by atoms with van der Waals surface area (Å²) in [5, 5.41) is 13.3. The van der Waals surface area contributed by atoms with Crippen LogP contribution in [0.5, 0.6) is 17.2 Å². The average molecular weight is 265 g/mol. The zero-order valence-electron chi connectivity index (χ0n) is 11.9. The molecule has 1 atom stereocenters. The summed E-state index contributed by atoms with van der Waals surface area (Å²) >= 11 is 0. The third-order valence-electron chi connectivity index (χ3n) is 3.58. The van der Waals surface area contributed by atoms with Gasteiger partial charge in [0.1, 0.15) is 0 Å². The van der Waals surface area contributed by atoms with Crippen molar-refractivity contribution < 1.29 is 14.6 Å². The lowest BCUT2D eigenvalue weighted by Gasteiger charge is -2.15. The summed E-state index contributed by atoms with van der Waals surface area (Å²) in [5.74, 6) is 1.88. The predicted molar refractivity (Wildman–Crippen MR) is 74.9 cm³/mol. The van der Waals surface area contributed by atoms with E-state index in [9.17, 15) is 5.11 Å². The highest BCUT2D eigenvalue weighted by Gasteiger charge is 2.23. The van der Waals surface area contributed by atoms with Gasteiger partial charge in [0.05, 0.1) is 14.2 Å². The van der Waals surface area contributed by atoms with Crippen molar-refractivity contribution in [1.29, 1.82) is 0 Å². The third-order valence-corrected chi connectivity index (χ3v) is 3.58. The maximum atomic E-state index is 9.85. The molecule has 0 saturated heterocycles. The zero-order valence-corrected chi connectivity index (χ0v) is 11.9. The van der Waals surface area contributed by atoms with Gasteiger partial charge in [0, 0.05) is 12.6 Å². The molecular formula is C15H23NO3. The minimum absolute atomic E-state index is 0.0554. The normalized spacial score (nSPS) is 16.2. The van der Waals surface area contributed by atoms with Gasteiger partial charge in [0.2, 0.25) is 5.75 Å². The number of phenolic OH excluding ortho intramolecular Hbond substituents is 1. The van der Waals surface area contributed by atoms with Gasteiger partial charge in [-0.3, -0.25) is 0 Å². The molecule has 0 amide bonds. The SMILES string of the molecule is COc1cc(CNC(C)CC2CC2)cc(OC)c1O. The maximum absolute atomic E-state index is 9.85. The molecule has 1 unspecified atom stereocenters. The molecule has 1 aliphatic rings. The summed E-state index contributed by atoms with van der Waals surface area (Å²) in [6.07, 6.45) is 4.01. The Hall–Kier alpha value is -1.42. The summed E-state index contributed by atoms with van der Waals surface area (Å²) in [4.78, 5) is 0. The Morgan fingerprint density at radius 2 is 1.84 bits per heavy atom. The molecular weight excluding hydrogens is 242 g/mol. The van der Waals surface area contributed by atoms with Gasteiger partial charge in [-0.25, -0.2) is 0 Å². The fourth-order valence-electron chi connectivity index (χ4n) is 2.28. The van der Waals surface area contributed by atoms with Gasteiger partial charge in [-0.05, 0) is 37.0 Å². The van der Waals surface area contributed by atoms with Gasteiger partial charge in [0.15, 0.2) is 11.5 Å². The van der Waals surface area contributed by atoms with Crippen molar-refractivity contribution in [2.45, 2.75) is 38.8 Å². The Balaban J connectivity index is 1.98. The molecule has 2 rings (SSSR count). The van der Waals surface area contributed by atoms with Gasteiger partial charge < -0.3 is 19.9 Å². The van der Waals surface area contributed by atoms with Crippen LogP contribution in [0.4, 0.5) is 0 Å². The van der Waals surface area contributed by atoms with E-state index in [1.54, 1.807) is 14.2 Å². The second-order valence-electron chi connectivity index (χ2n) is 5.31. The van der Waals surface area contributed by atoms with E-state index in [2.05, 4.69) is 12.2 Å². The highest BCUT2D eigenvalue weighted by Crippen LogP contribution is 2.37. The van der Waals surface area contributed by atoms with E-state index in [1.807, 2.05) is 12.1 Å². The summed E-state index contributed by atoms with van der Waals surface area (Å²) in [5.41, 5.74) is 1.05. The molecule has 0 heterocycles. The fraction of sp³-hybridized carbons (Fsp3) is 0.600. The molecule has 19 heavy (non-hydrogen) atoms. The molecule has 106 valence electrons. The van der Waals surface area contributed by atoms with Crippen molar-refractivity contribution in [3.8, 4) is 17.2 Å². The van der Waals surface area contributed by atoms with Crippen molar-refractivity contribution in [2.75, 3.05) is 14.2 Å². The molecule has 0 aromatic heterocycles. The van der Waals surface area contributed by atoms with Crippen LogP contribution in [-0.2, 0) is 6.54 Å². The minimum Gasteiger partial charge on any atom is -0.502 e. The fourth-order valence-corrected chi connectivity index (χ4v) is 2.28. The number of aromatic hydroxyl groups is 1. The lowest BCUT2D eigenvalue weighted by molar-refractivity contribution is 0.338. The molecule has 2 N–H and O–H groups in total. The average Bonchev–Trinajstić information content (AvgIpc) is 3.21. The predicted octanol–water partition coefficient (Wildman–Crippen LogP) is 2.69. The first kappa shape index (κ1) is 14.0. The van der Waals surface area contributed by atoms with Crippen LogP contribution in [-0.4, -0.2) is 25.4 Å². The number of rotatable bonds is 7. The first-order valence-electron chi connectivity index (χ1n) is 6.81. The third kappa shape index (κ3) is 3.77. The quantitative estimate of drug-likeness (QED) is 0.796. The van der Waals surface area contributed by atoms with Gasteiger partial charge >= 0.3 is 0 Å². The number of hydrogen-bond donors (Lipinski definition) is 2. The first-order chi connectivity index (χ1) is 9.13. The van der Waals surface area contributed by atoms with E-state index < -0.39 is 0 Å². The van der Waals surface area contributed by atoms with E-state index in [0.717, 1.165) is 18.0 Å². The van der Waals surface area contributed by atoms with Crippen LogP contribution >= 0.6 is 0 Å². The Bertz CT molecular complexity index is 404. The van der Waals surface area contributed by atoms with Gasteiger partial charge in [-0.2, -0.15) is 0 Å². The Kier molecular flexibility index (Phi) is 4.53. The number of ether oxygens (including phenoxy) is 2. The van der Waals surface area contributed by atoms with E-state index in [1.165, 1.54) is 19.3 Å². The molecule has 0 spiro atoms. The van der Waals surface area contributed by atoms with E-state index in [4.69, 9.17) is 9.47 Å². The van der Waals surface area contributed by atoms with Crippen molar-refractivity contribution in [1.82, 2.24) is 5.32 Å². The van der Waals surface area contributed by atoms with Crippen molar-refractivity contribution in [3.05, 3.63) is 17.7 Å². The van der Waals surface area contributed by atoms with Crippen molar-refractivity contribution in [3.63, 3.8) is 0 Å². The summed E-state index contributed by atoms with van der Waals surface area (Å²) in [6.45, 7) is 2.97. The standard InChI is InChI=1S/C15H23NO3/c1-10(6-11-4-5-11)16-9-12-7-13(18-2)15(17)14(8-12)19-3/h7-8,10-11,16-17H,4-6,9H2,1-3H3. The van der Waals surface area contributed by atoms with Gasteiger partial charge in [0.25, 0.3) is 0 Å². The van der Waals surface area contributed by atoms with Crippen molar-refractivity contribution >= 4 is 0 Å². The summed E-state index contributed by atoms with van der Waals surface area (Å²) < 4.78 is 10.3. The maximum Gasteiger partial charge on any atom is 0.200 e. The van der Waals surface area contributed by atoms with Gasteiger partial charge in [-0.1, -0.05) is 12.8 Å². The van der Waals surface area contributed by atoms with Crippen LogP contribution in [0.3, 0.4) is 0 Å². The Morgan fingerprint density at radius 3 is 2.32 bits per heavy atom. The molecule has 1 aromatic rings. The minimum atomic E-state index is 0.0554. The van der Waals surface area contributed by atoms with Crippen LogP contribution in [0.15, 0.2) is 12.1 Å². The van der Waals surface area contributed by atoms with Crippen molar-refractivity contribution in [2.24, 2.45) is 5.92 Å². The lowest BCUT2D eigenvalue weighted by Crippen LogP contribution is -2.25. The molecule has 4 nitrogen and oxygen atoms in total. The molecule has 0 aliphatic heterocycles. The summed E-state index contributed by atoms with van der Waals surface area (Å²) in [7, 11) is 3.09. The van der Waals surface area contributed by atoms with E-state index >= 15 is 0 Å². The van der Waals surface area contributed by atoms with E-state index in [-0.39, 0.29) is 5.75 Å². The Labute approximate surface area is 114 Å². The zero-order chi connectivity index (χ0) is 13.8. The Morgan fingerprint density at radius 1 is 1.26 bits per heavy atom. The van der Waals surface area contributed by atoms with Crippen LogP contribution < -0.4 is 14.8 Å². The molecule has 4 heteroatoms. The molecule has 1 aliphatic carbocycles. The van der Waals surface area contributed by atoms with Gasteiger partial charge in [-0.15, -0.1) is 0 Å². The van der Waals surface area contributed by atoms with Crippen LogP contribution in [0.25, 0.3) is 0 Å². The number of methoxy groups -OCH3 is 2. The second-order valence-corrected chi connectivity index (χ2v) is 5.31. The lowest BCUT2D eigenvalue weighted by atomic mass is 10.1. The highest BCUT2D eigenvalue weighted by atomic mass is 16.5. The smallest absolute Gasteiger partial charge is 0.200 e. The monoisotopic (exact) mass is 265 g/mol. The second kappa shape index (κ2) is 6.15. The molecule has 1 saturated carbocycles. The molecule has 1 aromatic carbocycles. The summed E-state index contributed by atoms with van der Waals surface area (Å²) in [6, 6.07) is 4.20. The van der Waals surface area contributed by atoms with Crippen LogP contribution in [0.1, 0.15) is 31.7 Å². The topological polar surface area (TPSA) is 50.7 Å². The number of benzene rings is 1. The number of hydrogen-bond acceptors (Lipinski definition) is 4. The number of phenols is 1. The largest absolute Gasteiger partial charge is 0.502 e.